The van der Waals surface area contributed by atoms with Crippen LogP contribution >= 0.6 is 15.9 Å². The van der Waals surface area contributed by atoms with Gasteiger partial charge in [-0.2, -0.15) is 13.2 Å². The van der Waals surface area contributed by atoms with Crippen molar-refractivity contribution in [3.8, 4) is 5.75 Å². The Morgan fingerprint density at radius 1 is 1.27 bits per heavy atom. The molecule has 4 nitrogen and oxygen atoms in total. The van der Waals surface area contributed by atoms with Gasteiger partial charge in [0.05, 0.1) is 17.1 Å². The van der Waals surface area contributed by atoms with Crippen molar-refractivity contribution in [3.63, 3.8) is 0 Å². The van der Waals surface area contributed by atoms with Crippen molar-refractivity contribution in [2.75, 3.05) is 6.61 Å². The lowest BCUT2D eigenvalue weighted by Crippen LogP contribution is -2.16. The zero-order chi connectivity index (χ0) is 16.3. The van der Waals surface area contributed by atoms with E-state index >= 15 is 0 Å². The van der Waals surface area contributed by atoms with Gasteiger partial charge in [-0.1, -0.05) is 19.3 Å². The third-order valence-corrected chi connectivity index (χ3v) is 4.41. The molecule has 2 rings (SSSR count). The molecule has 22 heavy (non-hydrogen) atoms. The Balaban J connectivity index is 2.24. The first kappa shape index (κ1) is 17.1. The number of rotatable bonds is 4. The summed E-state index contributed by atoms with van der Waals surface area (Å²) in [6, 6.07) is 1.55. The molecule has 8 heteroatoms. The first-order valence-electron chi connectivity index (χ1n) is 6.97. The molecule has 0 radical (unpaired) electrons. The molecule has 0 bridgehead atoms. The predicted molar refractivity (Wildman–Crippen MR) is 77.9 cm³/mol. The summed E-state index contributed by atoms with van der Waals surface area (Å²) in [5, 5.41) is 11.0. The van der Waals surface area contributed by atoms with Gasteiger partial charge in [0, 0.05) is 16.6 Å². The molecular formula is C14H15BrF3NO3. The van der Waals surface area contributed by atoms with E-state index in [1.165, 1.54) is 0 Å². The van der Waals surface area contributed by atoms with Crippen LogP contribution in [0.3, 0.4) is 0 Å². The Labute approximate surface area is 133 Å². The third kappa shape index (κ3) is 4.12. The van der Waals surface area contributed by atoms with E-state index in [1.54, 1.807) is 0 Å². The summed E-state index contributed by atoms with van der Waals surface area (Å²) < 4.78 is 43.7. The minimum absolute atomic E-state index is 0.208. The monoisotopic (exact) mass is 381 g/mol. The Kier molecular flexibility index (Phi) is 5.31. The largest absolute Gasteiger partial charge is 0.487 e. The molecule has 0 heterocycles. The van der Waals surface area contributed by atoms with Gasteiger partial charge in [-0.05, 0) is 34.7 Å². The summed E-state index contributed by atoms with van der Waals surface area (Å²) in [6.07, 6.45) is 0.547. The number of benzene rings is 1. The second-order valence-corrected chi connectivity index (χ2v) is 6.22. The topological polar surface area (TPSA) is 52.4 Å². The van der Waals surface area contributed by atoms with Crippen LogP contribution < -0.4 is 4.74 Å². The highest BCUT2D eigenvalue weighted by Crippen LogP contribution is 2.41. The van der Waals surface area contributed by atoms with E-state index in [1.807, 2.05) is 0 Å². The van der Waals surface area contributed by atoms with E-state index in [0.717, 1.165) is 38.2 Å². The van der Waals surface area contributed by atoms with E-state index in [4.69, 9.17) is 4.74 Å². The van der Waals surface area contributed by atoms with E-state index in [9.17, 15) is 23.3 Å². The molecule has 1 fully saturated rings. The lowest BCUT2D eigenvalue weighted by molar-refractivity contribution is -0.386. The van der Waals surface area contributed by atoms with Crippen molar-refractivity contribution in [3.05, 3.63) is 32.3 Å². The lowest BCUT2D eigenvalue weighted by Gasteiger charge is -2.22. The van der Waals surface area contributed by atoms with Gasteiger partial charge in [-0.3, -0.25) is 10.1 Å². The van der Waals surface area contributed by atoms with Gasteiger partial charge in [-0.15, -0.1) is 0 Å². The predicted octanol–water partition coefficient (Wildman–Crippen LogP) is 5.34. The molecule has 1 aliphatic carbocycles. The Hall–Kier alpha value is -1.31. The highest BCUT2D eigenvalue weighted by molar-refractivity contribution is 9.10. The number of halogens is 4. The zero-order valence-electron chi connectivity index (χ0n) is 11.7. The molecule has 1 aromatic rings. The molecule has 0 atom stereocenters. The fraction of sp³-hybridized carbons (Fsp3) is 0.571. The lowest BCUT2D eigenvalue weighted by atomic mass is 9.90. The molecule has 0 N–H and O–H groups in total. The highest BCUT2D eigenvalue weighted by atomic mass is 79.9. The van der Waals surface area contributed by atoms with Crippen molar-refractivity contribution in [1.82, 2.24) is 0 Å². The van der Waals surface area contributed by atoms with Crippen molar-refractivity contribution >= 4 is 21.6 Å². The Bertz CT molecular complexity index is 557. The Morgan fingerprint density at radius 3 is 2.45 bits per heavy atom. The fourth-order valence-electron chi connectivity index (χ4n) is 2.58. The minimum atomic E-state index is -4.60. The fourth-order valence-corrected chi connectivity index (χ4v) is 3.14. The van der Waals surface area contributed by atoms with Gasteiger partial charge in [-0.25, -0.2) is 0 Å². The molecule has 0 saturated heterocycles. The first-order chi connectivity index (χ1) is 10.3. The van der Waals surface area contributed by atoms with Crippen LogP contribution in [-0.2, 0) is 6.18 Å². The van der Waals surface area contributed by atoms with Crippen molar-refractivity contribution in [1.29, 1.82) is 0 Å². The SMILES string of the molecule is O=[N+]([O-])c1cc(Br)c(C(F)(F)F)cc1OCC1CCCCC1. The molecular weight excluding hydrogens is 367 g/mol. The summed E-state index contributed by atoms with van der Waals surface area (Å²) >= 11 is 2.73. The van der Waals surface area contributed by atoms with E-state index < -0.39 is 22.4 Å². The maximum atomic E-state index is 12.9. The van der Waals surface area contributed by atoms with Crippen molar-refractivity contribution < 1.29 is 22.8 Å². The molecule has 0 aliphatic heterocycles. The molecule has 122 valence electrons. The molecule has 0 aromatic heterocycles. The maximum absolute atomic E-state index is 12.9. The average Bonchev–Trinajstić information content (AvgIpc) is 2.45. The van der Waals surface area contributed by atoms with Crippen LogP contribution in [-0.4, -0.2) is 11.5 Å². The summed E-state index contributed by atoms with van der Waals surface area (Å²) in [7, 11) is 0. The van der Waals surface area contributed by atoms with Gasteiger partial charge in [0.1, 0.15) is 0 Å². The Morgan fingerprint density at radius 2 is 1.91 bits per heavy atom. The minimum Gasteiger partial charge on any atom is -0.487 e. The highest BCUT2D eigenvalue weighted by Gasteiger charge is 2.36. The first-order valence-corrected chi connectivity index (χ1v) is 7.76. The van der Waals surface area contributed by atoms with E-state index in [2.05, 4.69) is 15.9 Å². The van der Waals surface area contributed by atoms with Crippen LogP contribution in [0.1, 0.15) is 37.7 Å². The standard InChI is InChI=1S/C14H15BrF3NO3/c15-11-7-12(19(20)21)13(6-10(11)14(16,17)18)22-8-9-4-2-1-3-5-9/h6-7,9H,1-5,8H2. The molecule has 1 aromatic carbocycles. The number of nitro groups is 1. The van der Waals surface area contributed by atoms with Crippen molar-refractivity contribution in [2.45, 2.75) is 38.3 Å². The third-order valence-electron chi connectivity index (χ3n) is 3.75. The maximum Gasteiger partial charge on any atom is 0.417 e. The van der Waals surface area contributed by atoms with E-state index in [-0.39, 0.29) is 22.7 Å². The van der Waals surface area contributed by atoms with Crippen molar-refractivity contribution in [2.24, 2.45) is 5.92 Å². The van der Waals surface area contributed by atoms with Gasteiger partial charge in [0.15, 0.2) is 5.75 Å². The van der Waals surface area contributed by atoms with Gasteiger partial charge < -0.3 is 4.74 Å². The summed E-state index contributed by atoms with van der Waals surface area (Å²) in [5.74, 6) is -0.0857. The number of hydrogen-bond donors (Lipinski definition) is 0. The summed E-state index contributed by atoms with van der Waals surface area (Å²) in [6.45, 7) is 0.208. The average molecular weight is 382 g/mol. The number of hydrogen-bond acceptors (Lipinski definition) is 3. The summed E-state index contributed by atoms with van der Waals surface area (Å²) in [4.78, 5) is 10.3. The number of nitrogens with zero attached hydrogens (tertiary/aromatic N) is 1. The van der Waals surface area contributed by atoms with Crippen LogP contribution in [0.15, 0.2) is 16.6 Å². The van der Waals surface area contributed by atoms with Crippen LogP contribution in [0, 0.1) is 16.0 Å². The van der Waals surface area contributed by atoms with Gasteiger partial charge >= 0.3 is 11.9 Å². The van der Waals surface area contributed by atoms with Gasteiger partial charge in [0.25, 0.3) is 0 Å². The van der Waals surface area contributed by atoms with E-state index in [0.29, 0.717) is 6.07 Å². The van der Waals surface area contributed by atoms with Crippen LogP contribution in [0.25, 0.3) is 0 Å². The number of alkyl halides is 3. The number of ether oxygens (including phenoxy) is 1. The number of nitro benzene ring substituents is 1. The van der Waals surface area contributed by atoms with Crippen LogP contribution in [0.2, 0.25) is 0 Å². The normalized spacial score (nSPS) is 16.5. The smallest absolute Gasteiger partial charge is 0.417 e. The molecule has 0 unspecified atom stereocenters. The second-order valence-electron chi connectivity index (χ2n) is 5.37. The van der Waals surface area contributed by atoms with Crippen LogP contribution in [0.5, 0.6) is 5.75 Å². The molecule has 1 aliphatic rings. The molecule has 0 spiro atoms. The zero-order valence-corrected chi connectivity index (χ0v) is 13.2. The quantitative estimate of drug-likeness (QED) is 0.522. The second kappa shape index (κ2) is 6.85. The molecule has 0 amide bonds. The molecule has 1 saturated carbocycles. The van der Waals surface area contributed by atoms with Gasteiger partial charge in [0.2, 0.25) is 0 Å². The van der Waals surface area contributed by atoms with Crippen LogP contribution in [0.4, 0.5) is 18.9 Å². The summed E-state index contributed by atoms with van der Waals surface area (Å²) in [5.41, 5.74) is -1.44.